The highest BCUT2D eigenvalue weighted by atomic mass is 19.1. The number of halogens is 4. The van der Waals surface area contributed by atoms with Gasteiger partial charge in [-0.2, -0.15) is 0 Å². The molecule has 0 saturated heterocycles. The Bertz CT molecular complexity index is 968. The van der Waals surface area contributed by atoms with Crippen molar-refractivity contribution in [2.45, 2.75) is 31.6 Å². The van der Waals surface area contributed by atoms with Crippen molar-refractivity contribution in [3.05, 3.63) is 89.5 Å². The lowest BCUT2D eigenvalue weighted by Gasteiger charge is -2.29. The number of hydrogen-bond acceptors (Lipinski definition) is 1. The van der Waals surface area contributed by atoms with Gasteiger partial charge in [0.2, 0.25) is 0 Å². The van der Waals surface area contributed by atoms with Gasteiger partial charge in [-0.05, 0) is 66.3 Å². The summed E-state index contributed by atoms with van der Waals surface area (Å²) in [5.41, 5.74) is 3.28. The zero-order chi connectivity index (χ0) is 21.1. The first kappa shape index (κ1) is 20.5. The SMILES string of the molecule is Fc1ccc(-c2ccc(C3CCC(COc4c(F)cc(F)cc4F)CC3)cc2)cc1. The fourth-order valence-electron chi connectivity index (χ4n) is 4.12. The van der Waals surface area contributed by atoms with Gasteiger partial charge in [-0.3, -0.25) is 0 Å². The lowest BCUT2D eigenvalue weighted by molar-refractivity contribution is 0.187. The smallest absolute Gasteiger partial charge is 0.190 e. The van der Waals surface area contributed by atoms with Gasteiger partial charge in [0.05, 0.1) is 6.61 Å². The van der Waals surface area contributed by atoms with E-state index in [1.165, 1.54) is 17.7 Å². The Morgan fingerprint density at radius 1 is 0.667 bits per heavy atom. The summed E-state index contributed by atoms with van der Waals surface area (Å²) in [5.74, 6) is -3.09. The molecule has 30 heavy (non-hydrogen) atoms. The van der Waals surface area contributed by atoms with Crippen LogP contribution in [0.2, 0.25) is 0 Å². The molecule has 1 aliphatic rings. The summed E-state index contributed by atoms with van der Waals surface area (Å²) in [6.07, 6.45) is 3.74. The zero-order valence-electron chi connectivity index (χ0n) is 16.4. The highest BCUT2D eigenvalue weighted by Gasteiger charge is 2.24. The van der Waals surface area contributed by atoms with Gasteiger partial charge < -0.3 is 4.74 Å². The maximum atomic E-state index is 13.7. The highest BCUT2D eigenvalue weighted by Crippen LogP contribution is 2.37. The molecule has 4 rings (SSSR count). The molecule has 0 unspecified atom stereocenters. The van der Waals surface area contributed by atoms with Crippen molar-refractivity contribution in [2.24, 2.45) is 5.92 Å². The Balaban J connectivity index is 1.32. The largest absolute Gasteiger partial charge is 0.487 e. The summed E-state index contributed by atoms with van der Waals surface area (Å²) in [4.78, 5) is 0. The molecule has 3 aromatic rings. The van der Waals surface area contributed by atoms with E-state index in [1.807, 2.05) is 0 Å². The van der Waals surface area contributed by atoms with E-state index >= 15 is 0 Å². The van der Waals surface area contributed by atoms with E-state index in [2.05, 4.69) is 24.3 Å². The van der Waals surface area contributed by atoms with Gasteiger partial charge in [-0.15, -0.1) is 0 Å². The van der Waals surface area contributed by atoms with Crippen molar-refractivity contribution < 1.29 is 22.3 Å². The number of benzene rings is 3. The van der Waals surface area contributed by atoms with Crippen molar-refractivity contribution in [1.29, 1.82) is 0 Å². The van der Waals surface area contributed by atoms with Crippen LogP contribution in [0.3, 0.4) is 0 Å². The maximum Gasteiger partial charge on any atom is 0.190 e. The summed E-state index contributed by atoms with van der Waals surface area (Å²) >= 11 is 0. The Kier molecular flexibility index (Phi) is 6.07. The minimum atomic E-state index is -1.01. The monoisotopic (exact) mass is 414 g/mol. The molecule has 0 bridgehead atoms. The van der Waals surface area contributed by atoms with Crippen molar-refractivity contribution in [3.63, 3.8) is 0 Å². The summed E-state index contributed by atoms with van der Waals surface area (Å²) < 4.78 is 58.8. The summed E-state index contributed by atoms with van der Waals surface area (Å²) in [6, 6.07) is 16.0. The van der Waals surface area contributed by atoms with Crippen molar-refractivity contribution >= 4 is 0 Å². The van der Waals surface area contributed by atoms with Crippen molar-refractivity contribution in [3.8, 4) is 16.9 Å². The Hall–Kier alpha value is -2.82. The van der Waals surface area contributed by atoms with Gasteiger partial charge in [-0.1, -0.05) is 36.4 Å². The molecule has 0 aliphatic heterocycles. The van der Waals surface area contributed by atoms with Gasteiger partial charge in [0.25, 0.3) is 0 Å². The third-order valence-electron chi connectivity index (χ3n) is 5.83. The van der Waals surface area contributed by atoms with E-state index in [0.717, 1.165) is 36.8 Å². The van der Waals surface area contributed by atoms with Crippen LogP contribution in [-0.2, 0) is 0 Å². The number of hydrogen-bond donors (Lipinski definition) is 0. The van der Waals surface area contributed by atoms with E-state index in [4.69, 9.17) is 4.74 Å². The molecule has 0 amide bonds. The average molecular weight is 414 g/mol. The van der Waals surface area contributed by atoms with E-state index in [0.29, 0.717) is 18.1 Å². The molecule has 0 aromatic heterocycles. The average Bonchev–Trinajstić information content (AvgIpc) is 2.74. The van der Waals surface area contributed by atoms with Crippen LogP contribution in [0.25, 0.3) is 11.1 Å². The first-order chi connectivity index (χ1) is 14.5. The minimum absolute atomic E-state index is 0.212. The number of rotatable bonds is 5. The maximum absolute atomic E-state index is 13.7. The van der Waals surface area contributed by atoms with Crippen LogP contribution < -0.4 is 4.74 Å². The van der Waals surface area contributed by atoms with Crippen molar-refractivity contribution in [2.75, 3.05) is 6.61 Å². The molecule has 0 spiro atoms. The van der Waals surface area contributed by atoms with Gasteiger partial charge >= 0.3 is 0 Å². The predicted molar refractivity (Wildman–Crippen MR) is 108 cm³/mol. The summed E-state index contributed by atoms with van der Waals surface area (Å²) in [7, 11) is 0. The summed E-state index contributed by atoms with van der Waals surface area (Å²) in [6.45, 7) is 0.218. The standard InChI is InChI=1S/C25H22F4O/c26-21-11-9-20(10-12-21)19-7-5-18(6-8-19)17-3-1-16(2-4-17)15-30-25-23(28)13-22(27)14-24(25)29/h5-14,16-17H,1-4,15H2. The van der Waals surface area contributed by atoms with Crippen LogP contribution >= 0.6 is 0 Å². The molecule has 1 aliphatic carbocycles. The molecule has 0 radical (unpaired) electrons. The zero-order valence-corrected chi connectivity index (χ0v) is 16.4. The molecule has 5 heteroatoms. The molecule has 0 atom stereocenters. The molecular formula is C25H22F4O. The molecule has 0 N–H and O–H groups in total. The van der Waals surface area contributed by atoms with E-state index in [1.54, 1.807) is 12.1 Å². The van der Waals surface area contributed by atoms with Crippen molar-refractivity contribution in [1.82, 2.24) is 0 Å². The first-order valence-electron chi connectivity index (χ1n) is 10.1. The van der Waals surface area contributed by atoms with E-state index in [-0.39, 0.29) is 18.3 Å². The van der Waals surface area contributed by atoms with Gasteiger partial charge in [0.1, 0.15) is 11.6 Å². The van der Waals surface area contributed by atoms with Crippen LogP contribution in [0.4, 0.5) is 17.6 Å². The Morgan fingerprint density at radius 3 is 1.77 bits per heavy atom. The van der Waals surface area contributed by atoms with Gasteiger partial charge in [0.15, 0.2) is 17.4 Å². The van der Waals surface area contributed by atoms with E-state index < -0.39 is 23.2 Å². The highest BCUT2D eigenvalue weighted by molar-refractivity contribution is 5.63. The van der Waals surface area contributed by atoms with Crippen LogP contribution in [0, 0.1) is 29.2 Å². The topological polar surface area (TPSA) is 9.23 Å². The third-order valence-corrected chi connectivity index (χ3v) is 5.83. The van der Waals surface area contributed by atoms with Gasteiger partial charge in [-0.25, -0.2) is 17.6 Å². The fraction of sp³-hybridized carbons (Fsp3) is 0.280. The molecule has 3 aromatic carbocycles. The van der Waals surface area contributed by atoms with Crippen LogP contribution in [0.15, 0.2) is 60.7 Å². The second-order valence-electron chi connectivity index (χ2n) is 7.86. The molecule has 1 nitrogen and oxygen atoms in total. The quantitative estimate of drug-likeness (QED) is 0.399. The number of ether oxygens (including phenoxy) is 1. The molecule has 156 valence electrons. The Labute approximate surface area is 173 Å². The molecule has 1 fully saturated rings. The van der Waals surface area contributed by atoms with Crippen LogP contribution in [-0.4, -0.2) is 6.61 Å². The molecule has 0 heterocycles. The van der Waals surface area contributed by atoms with Gasteiger partial charge in [0, 0.05) is 12.1 Å². The second kappa shape index (κ2) is 8.90. The third kappa shape index (κ3) is 4.66. The predicted octanol–water partition coefficient (Wildman–Crippen LogP) is 7.26. The Morgan fingerprint density at radius 2 is 1.20 bits per heavy atom. The van der Waals surface area contributed by atoms with E-state index in [9.17, 15) is 17.6 Å². The first-order valence-corrected chi connectivity index (χ1v) is 10.1. The second-order valence-corrected chi connectivity index (χ2v) is 7.86. The summed E-state index contributed by atoms with van der Waals surface area (Å²) in [5, 5.41) is 0. The lowest BCUT2D eigenvalue weighted by Crippen LogP contribution is -2.20. The normalized spacial score (nSPS) is 18.9. The lowest BCUT2D eigenvalue weighted by atomic mass is 9.79. The molecule has 1 saturated carbocycles. The fourth-order valence-corrected chi connectivity index (χ4v) is 4.12. The minimum Gasteiger partial charge on any atom is -0.487 e. The molecular weight excluding hydrogens is 392 g/mol. The van der Waals surface area contributed by atoms with Crippen LogP contribution in [0.5, 0.6) is 5.75 Å². The van der Waals surface area contributed by atoms with Crippen LogP contribution in [0.1, 0.15) is 37.2 Å².